The zero-order valence-electron chi connectivity index (χ0n) is 39.0. The van der Waals surface area contributed by atoms with Crippen LogP contribution in [0.4, 0.5) is 0 Å². The van der Waals surface area contributed by atoms with Crippen molar-refractivity contribution in [2.45, 2.75) is 48.7 Å². The minimum Gasteiger partial charge on any atom is -0.496 e. The fourth-order valence-corrected chi connectivity index (χ4v) is 11.2. The van der Waals surface area contributed by atoms with Gasteiger partial charge in [-0.1, -0.05) is 144 Å². The van der Waals surface area contributed by atoms with Crippen molar-refractivity contribution in [1.29, 1.82) is 0 Å². The van der Waals surface area contributed by atoms with Crippen LogP contribution in [-0.4, -0.2) is 122 Å². The highest BCUT2D eigenvalue weighted by Gasteiger charge is 2.24. The maximum absolute atomic E-state index is 6.43. The molecular formula is C48H60N4O4S8. The van der Waals surface area contributed by atoms with E-state index in [0.29, 0.717) is 48.7 Å². The molecular weight excluding hydrogens is 953 g/mol. The maximum Gasteiger partial charge on any atom is 0.136 e. The lowest BCUT2D eigenvalue weighted by Gasteiger charge is -2.24. The van der Waals surface area contributed by atoms with Crippen LogP contribution in [0.1, 0.15) is 66.8 Å². The molecule has 0 radical (unpaired) electrons. The Hall–Kier alpha value is -2.96. The molecule has 0 N–H and O–H groups in total. The van der Waals surface area contributed by atoms with E-state index >= 15 is 0 Å². The number of benzene rings is 4. The highest BCUT2D eigenvalue weighted by atomic mass is 32.2. The summed E-state index contributed by atoms with van der Waals surface area (Å²) in [6.45, 7) is 0. The van der Waals surface area contributed by atoms with Gasteiger partial charge in [0.15, 0.2) is 0 Å². The van der Waals surface area contributed by atoms with Crippen LogP contribution >= 0.6 is 95.9 Å². The molecule has 8 bridgehead atoms. The van der Waals surface area contributed by atoms with Crippen LogP contribution in [-0.2, 0) is 48.7 Å². The summed E-state index contributed by atoms with van der Waals surface area (Å²) in [5.74, 6) is 6.19. The predicted octanol–water partition coefficient (Wildman–Crippen LogP) is 10.7. The highest BCUT2D eigenvalue weighted by Crippen LogP contribution is 2.42. The van der Waals surface area contributed by atoms with E-state index in [1.54, 1.807) is 75.5 Å². The maximum atomic E-state index is 6.43. The molecule has 0 aliphatic heterocycles. The Labute approximate surface area is 420 Å². The molecule has 64 heavy (non-hydrogen) atoms. The number of ether oxygens (including phenoxy) is 4. The van der Waals surface area contributed by atoms with Crippen LogP contribution in [0.25, 0.3) is 0 Å². The van der Waals surface area contributed by atoms with Crippen LogP contribution < -0.4 is 18.9 Å². The molecule has 0 fully saturated rings. The van der Waals surface area contributed by atoms with Gasteiger partial charge in [-0.2, -0.15) is 0 Å². The minimum atomic E-state index is 0.571. The first kappa shape index (κ1) is 52.0. The molecule has 0 unspecified atom stereocenters. The van der Waals surface area contributed by atoms with Crippen molar-refractivity contribution in [2.24, 2.45) is 0 Å². The highest BCUT2D eigenvalue weighted by molar-refractivity contribution is 8.23. The van der Waals surface area contributed by atoms with Crippen molar-refractivity contribution >= 4 is 113 Å². The van der Waals surface area contributed by atoms with Crippen molar-refractivity contribution in [3.05, 3.63) is 115 Å². The third-order valence-corrected chi connectivity index (χ3v) is 17.7. The fourth-order valence-electron chi connectivity index (χ4n) is 7.66. The summed E-state index contributed by atoms with van der Waals surface area (Å²) in [4.78, 5) is 7.93. The number of thioether (sulfide) groups is 4. The Morgan fingerprint density at radius 1 is 0.359 bits per heavy atom. The average Bonchev–Trinajstić information content (AvgIpc) is 3.25. The van der Waals surface area contributed by atoms with Gasteiger partial charge in [0.25, 0.3) is 0 Å². The molecule has 0 amide bonds. The third kappa shape index (κ3) is 13.6. The van der Waals surface area contributed by atoms with E-state index in [2.05, 4.69) is 48.5 Å². The van der Waals surface area contributed by atoms with Crippen LogP contribution in [0.3, 0.4) is 0 Å². The molecule has 1 aliphatic rings. The minimum absolute atomic E-state index is 0.571. The first-order valence-corrected chi connectivity index (χ1v) is 26.1. The van der Waals surface area contributed by atoms with Gasteiger partial charge in [0, 0.05) is 105 Å². The monoisotopic (exact) mass is 1010 g/mol. The average molecular weight is 1010 g/mol. The van der Waals surface area contributed by atoms with E-state index in [-0.39, 0.29) is 0 Å². The molecule has 16 heteroatoms. The normalized spacial score (nSPS) is 11.9. The van der Waals surface area contributed by atoms with Gasteiger partial charge in [0.05, 0.1) is 28.4 Å². The molecule has 0 aromatic heterocycles. The topological polar surface area (TPSA) is 49.9 Å². The molecule has 0 heterocycles. The molecule has 0 spiro atoms. The lowest BCUT2D eigenvalue weighted by molar-refractivity contribution is 0.395. The molecule has 0 saturated carbocycles. The van der Waals surface area contributed by atoms with Gasteiger partial charge in [-0.05, 0) is 66.8 Å². The summed E-state index contributed by atoms with van der Waals surface area (Å²) in [6.07, 6.45) is 2.28. The SMILES string of the molecule is COc1c2cc(CSC(=S)N(C)C)cc1Cc1cc(CSC(=S)N(C)C)cc(c1OC)Cc1cc(CSC(=S)N(C)C)cc(c1OC)Cc1cc(CSC(=S)N(C)C)cc(c1OC)C2. The summed E-state index contributed by atoms with van der Waals surface area (Å²) in [6, 6.07) is 18.2. The van der Waals surface area contributed by atoms with Crippen molar-refractivity contribution in [3.63, 3.8) is 0 Å². The Bertz CT molecular complexity index is 1950. The van der Waals surface area contributed by atoms with E-state index in [1.807, 2.05) is 76.0 Å². The largest absolute Gasteiger partial charge is 0.496 e. The number of methoxy groups -OCH3 is 4. The molecule has 0 atom stereocenters. The quantitative estimate of drug-likeness (QED) is 0.111. The van der Waals surface area contributed by atoms with E-state index in [1.165, 1.54) is 0 Å². The number of fused-ring (bicyclic) bond motifs is 8. The Morgan fingerprint density at radius 3 is 0.641 bits per heavy atom. The zero-order valence-corrected chi connectivity index (χ0v) is 45.5. The van der Waals surface area contributed by atoms with Gasteiger partial charge < -0.3 is 38.5 Å². The molecule has 4 aromatic carbocycles. The summed E-state index contributed by atoms with van der Waals surface area (Å²) in [7, 11) is 23.0. The Kier molecular flexibility index (Phi) is 19.6. The summed E-state index contributed by atoms with van der Waals surface area (Å²) in [5.41, 5.74) is 13.1. The van der Waals surface area contributed by atoms with Gasteiger partial charge in [-0.15, -0.1) is 0 Å². The first-order valence-electron chi connectivity index (χ1n) is 20.6. The number of nitrogens with zero attached hydrogens (tertiary/aromatic N) is 4. The second kappa shape index (κ2) is 24.2. The zero-order chi connectivity index (χ0) is 46.8. The van der Waals surface area contributed by atoms with E-state index < -0.39 is 0 Å². The lowest BCUT2D eigenvalue weighted by atomic mass is 9.88. The second-order valence-electron chi connectivity index (χ2n) is 16.3. The predicted molar refractivity (Wildman–Crippen MR) is 294 cm³/mol. The van der Waals surface area contributed by atoms with Crippen molar-refractivity contribution in [2.75, 3.05) is 84.8 Å². The van der Waals surface area contributed by atoms with Crippen molar-refractivity contribution in [1.82, 2.24) is 19.6 Å². The van der Waals surface area contributed by atoms with Gasteiger partial charge in [0.2, 0.25) is 0 Å². The third-order valence-electron chi connectivity index (χ3n) is 10.5. The van der Waals surface area contributed by atoms with E-state index in [0.717, 1.165) is 107 Å². The van der Waals surface area contributed by atoms with Crippen molar-refractivity contribution in [3.8, 4) is 23.0 Å². The van der Waals surface area contributed by atoms with E-state index in [4.69, 9.17) is 67.8 Å². The number of rotatable bonds is 12. The Balaban J connectivity index is 1.84. The molecule has 4 aromatic rings. The summed E-state index contributed by atoms with van der Waals surface area (Å²) in [5, 5.41) is 0. The van der Waals surface area contributed by atoms with Crippen molar-refractivity contribution < 1.29 is 18.9 Å². The molecule has 5 rings (SSSR count). The van der Waals surface area contributed by atoms with Crippen LogP contribution in [0.15, 0.2) is 48.5 Å². The summed E-state index contributed by atoms with van der Waals surface area (Å²) >= 11 is 29.6. The number of hydrogen-bond acceptors (Lipinski definition) is 12. The number of hydrogen-bond donors (Lipinski definition) is 0. The van der Waals surface area contributed by atoms with Crippen LogP contribution in [0.5, 0.6) is 23.0 Å². The first-order chi connectivity index (χ1) is 30.5. The smallest absolute Gasteiger partial charge is 0.136 e. The Morgan fingerprint density at radius 2 is 0.516 bits per heavy atom. The van der Waals surface area contributed by atoms with Gasteiger partial charge in [-0.3, -0.25) is 0 Å². The van der Waals surface area contributed by atoms with Gasteiger partial charge in [0.1, 0.15) is 40.3 Å². The number of thiocarbonyl (C=S) groups is 4. The van der Waals surface area contributed by atoms with Gasteiger partial charge >= 0.3 is 0 Å². The van der Waals surface area contributed by atoms with E-state index in [9.17, 15) is 0 Å². The summed E-state index contributed by atoms with van der Waals surface area (Å²) < 4.78 is 29.0. The molecule has 0 saturated heterocycles. The molecule has 1 aliphatic carbocycles. The van der Waals surface area contributed by atoms with Crippen LogP contribution in [0.2, 0.25) is 0 Å². The van der Waals surface area contributed by atoms with Gasteiger partial charge in [-0.25, -0.2) is 0 Å². The standard InChI is InChI=1S/C48H60N4O4S8/c1-49(2)45(57)61-25-29-13-33-21-35-15-30(26-62-46(58)50(3)4)17-37(42(35)54-10)23-39-19-32(28-64-48(60)52(7)8)20-40(44(39)56-12)24-38-18-31(27-63-47(59)51(5)6)16-36(43(38)55-11)22-34(14-29)41(33)53-9/h13-20H,21-28H2,1-12H3. The lowest BCUT2D eigenvalue weighted by Crippen LogP contribution is -2.16. The molecule has 344 valence electrons. The molecule has 8 nitrogen and oxygen atoms in total. The van der Waals surface area contributed by atoms with Crippen LogP contribution in [0, 0.1) is 0 Å². The second-order valence-corrected chi connectivity index (χ2v) is 22.7. The fraction of sp³-hybridized carbons (Fsp3) is 0.417.